The van der Waals surface area contributed by atoms with Gasteiger partial charge in [0.05, 0.1) is 6.54 Å². The summed E-state index contributed by atoms with van der Waals surface area (Å²) in [7, 11) is 0. The molecular weight excluding hydrogens is 396 g/mol. The van der Waals surface area contributed by atoms with E-state index in [0.29, 0.717) is 19.1 Å². The molecule has 2 unspecified atom stereocenters. The maximum Gasteiger partial charge on any atom is 0.317 e. The van der Waals surface area contributed by atoms with E-state index in [1.807, 2.05) is 0 Å². The molecule has 8 heteroatoms. The van der Waals surface area contributed by atoms with Crippen LogP contribution in [0, 0.1) is 12.8 Å². The molecule has 31 heavy (non-hydrogen) atoms. The molecule has 1 aromatic rings. The lowest BCUT2D eigenvalue weighted by molar-refractivity contribution is -0.138. The fourth-order valence-corrected chi connectivity index (χ4v) is 4.53. The highest BCUT2D eigenvalue weighted by Gasteiger charge is 2.25. The second-order valence-corrected chi connectivity index (χ2v) is 8.84. The zero-order valence-corrected chi connectivity index (χ0v) is 18.6. The molecule has 0 aromatic heterocycles. The molecule has 0 radical (unpaired) electrons. The number of carboxylic acids is 1. The molecule has 8 nitrogen and oxygen atoms in total. The van der Waals surface area contributed by atoms with E-state index in [9.17, 15) is 14.7 Å². The fraction of sp³-hybridized carbons (Fsp3) is 0.652. The van der Waals surface area contributed by atoms with Crippen LogP contribution in [-0.2, 0) is 20.7 Å². The van der Waals surface area contributed by atoms with Crippen LogP contribution < -0.4 is 0 Å². The van der Waals surface area contributed by atoms with Gasteiger partial charge in [-0.2, -0.15) is 0 Å². The molecular formula is C23H36N4O4. The van der Waals surface area contributed by atoms with Gasteiger partial charge in [-0.25, -0.2) is 0 Å². The zero-order chi connectivity index (χ0) is 22.1. The maximum absolute atomic E-state index is 11.3. The molecule has 2 bridgehead atoms. The van der Waals surface area contributed by atoms with E-state index in [1.165, 1.54) is 11.1 Å². The first-order valence-corrected chi connectivity index (χ1v) is 11.2. The Hall–Kier alpha value is -2.00. The molecule has 2 saturated heterocycles. The largest absolute Gasteiger partial charge is 0.480 e. The van der Waals surface area contributed by atoms with Crippen molar-refractivity contribution in [1.82, 2.24) is 19.6 Å². The Morgan fingerprint density at radius 1 is 0.968 bits per heavy atom. The highest BCUT2D eigenvalue weighted by atomic mass is 16.5. The number of benzene rings is 1. The van der Waals surface area contributed by atoms with Gasteiger partial charge in [-0.1, -0.05) is 29.8 Å². The van der Waals surface area contributed by atoms with Gasteiger partial charge in [0, 0.05) is 65.4 Å². The number of ether oxygens (including phenoxy) is 1. The van der Waals surface area contributed by atoms with Gasteiger partial charge in [0.1, 0.15) is 6.73 Å². The summed E-state index contributed by atoms with van der Waals surface area (Å²) in [6, 6.07) is 8.84. The Kier molecular flexibility index (Phi) is 9.27. The van der Waals surface area contributed by atoms with Crippen LogP contribution in [0.4, 0.5) is 0 Å². The third-order valence-electron chi connectivity index (χ3n) is 6.29. The molecule has 0 aliphatic carbocycles. The summed E-state index contributed by atoms with van der Waals surface area (Å²) >= 11 is 0. The molecule has 0 amide bonds. The van der Waals surface area contributed by atoms with Crippen LogP contribution in [0.2, 0.25) is 0 Å². The summed E-state index contributed by atoms with van der Waals surface area (Å²) in [6.07, 6.45) is 1.05. The first-order chi connectivity index (χ1) is 15.0. The monoisotopic (exact) mass is 432 g/mol. The fourth-order valence-electron chi connectivity index (χ4n) is 4.53. The molecule has 2 fully saturated rings. The predicted molar refractivity (Wildman–Crippen MR) is 119 cm³/mol. The number of aryl methyl sites for hydroxylation is 1. The topological polar surface area (TPSA) is 76.6 Å². The van der Waals surface area contributed by atoms with Crippen molar-refractivity contribution in [2.45, 2.75) is 13.3 Å². The van der Waals surface area contributed by atoms with Crippen molar-refractivity contribution in [2.75, 3.05) is 78.7 Å². The van der Waals surface area contributed by atoms with Crippen LogP contribution in [0.3, 0.4) is 0 Å². The molecule has 0 spiro atoms. The molecule has 0 saturated carbocycles. The van der Waals surface area contributed by atoms with Crippen molar-refractivity contribution in [2.24, 2.45) is 5.92 Å². The van der Waals surface area contributed by atoms with Crippen molar-refractivity contribution in [3.8, 4) is 0 Å². The van der Waals surface area contributed by atoms with Crippen LogP contribution in [-0.4, -0.2) is 116 Å². The van der Waals surface area contributed by atoms with Gasteiger partial charge in [0.15, 0.2) is 0 Å². The molecule has 3 rings (SSSR count). The number of carbonyl (C=O) groups is 2. The quantitative estimate of drug-likeness (QED) is 0.628. The lowest BCUT2D eigenvalue weighted by Gasteiger charge is -2.39. The third-order valence-corrected chi connectivity index (χ3v) is 6.29. The normalized spacial score (nSPS) is 26.4. The molecule has 172 valence electrons. The van der Waals surface area contributed by atoms with Gasteiger partial charge in [0.2, 0.25) is 0 Å². The maximum atomic E-state index is 11.3. The summed E-state index contributed by atoms with van der Waals surface area (Å²) in [4.78, 5) is 31.1. The second kappa shape index (κ2) is 12.1. The number of hydrogen-bond donors (Lipinski definition) is 1. The Labute approximate surface area is 185 Å². The van der Waals surface area contributed by atoms with Crippen LogP contribution >= 0.6 is 0 Å². The average Bonchev–Trinajstić information content (AvgIpc) is 2.74. The van der Waals surface area contributed by atoms with Crippen molar-refractivity contribution in [1.29, 1.82) is 0 Å². The zero-order valence-electron chi connectivity index (χ0n) is 18.6. The molecule has 2 aliphatic rings. The molecule has 2 atom stereocenters. The molecule has 1 N–H and O–H groups in total. The smallest absolute Gasteiger partial charge is 0.317 e. The van der Waals surface area contributed by atoms with Gasteiger partial charge in [-0.15, -0.1) is 0 Å². The molecule has 2 aliphatic heterocycles. The SMILES string of the molecule is Cc1ccc(CC2CN3CCN(COC=O)CCN(CCN(CC(=O)O)CC3)C2)cc1. The second-order valence-electron chi connectivity index (χ2n) is 8.84. The van der Waals surface area contributed by atoms with E-state index < -0.39 is 5.97 Å². The highest BCUT2D eigenvalue weighted by Crippen LogP contribution is 2.16. The number of carbonyl (C=O) groups excluding carboxylic acids is 1. The Bertz CT molecular complexity index is 677. The van der Waals surface area contributed by atoms with Crippen LogP contribution in [0.5, 0.6) is 0 Å². The lowest BCUT2D eigenvalue weighted by atomic mass is 9.96. The van der Waals surface area contributed by atoms with Crippen LogP contribution in [0.15, 0.2) is 24.3 Å². The van der Waals surface area contributed by atoms with Gasteiger partial charge in [-0.3, -0.25) is 19.4 Å². The van der Waals surface area contributed by atoms with Gasteiger partial charge in [-0.05, 0) is 24.8 Å². The first kappa shape index (κ1) is 23.7. The minimum atomic E-state index is -0.767. The Morgan fingerprint density at radius 2 is 1.52 bits per heavy atom. The van der Waals surface area contributed by atoms with Crippen molar-refractivity contribution in [3.63, 3.8) is 0 Å². The van der Waals surface area contributed by atoms with E-state index in [2.05, 4.69) is 50.8 Å². The third kappa shape index (κ3) is 8.22. The van der Waals surface area contributed by atoms with Crippen molar-refractivity contribution in [3.05, 3.63) is 35.4 Å². The van der Waals surface area contributed by atoms with Crippen molar-refractivity contribution >= 4 is 12.4 Å². The van der Waals surface area contributed by atoms with E-state index >= 15 is 0 Å². The number of rotatable bonds is 7. The van der Waals surface area contributed by atoms with E-state index in [0.717, 1.165) is 71.9 Å². The molecule has 2 heterocycles. The minimum Gasteiger partial charge on any atom is -0.480 e. The summed E-state index contributed by atoms with van der Waals surface area (Å²) in [5, 5.41) is 9.28. The average molecular weight is 433 g/mol. The van der Waals surface area contributed by atoms with E-state index in [4.69, 9.17) is 4.74 Å². The van der Waals surface area contributed by atoms with Gasteiger partial charge in [0.25, 0.3) is 6.47 Å². The number of nitrogens with zero attached hydrogens (tertiary/aromatic N) is 4. The van der Waals surface area contributed by atoms with Gasteiger partial charge >= 0.3 is 5.97 Å². The molecule has 1 aromatic carbocycles. The number of aliphatic carboxylic acids is 1. The standard InChI is InChI=1S/C23H36N4O4/c1-20-2-4-21(5-3-20)14-22-15-24-6-8-26(17-23(29)30)9-7-25(16-22)11-13-27(12-10-24)18-31-19-28/h2-5,19,22H,6-18H2,1H3,(H,29,30). The van der Waals surface area contributed by atoms with Crippen LogP contribution in [0.25, 0.3) is 0 Å². The Balaban J connectivity index is 1.74. The number of fused-ring (bicyclic) bond motifs is 4. The summed E-state index contributed by atoms with van der Waals surface area (Å²) in [5.74, 6) is -0.247. The first-order valence-electron chi connectivity index (χ1n) is 11.2. The van der Waals surface area contributed by atoms with Crippen LogP contribution in [0.1, 0.15) is 11.1 Å². The Morgan fingerprint density at radius 3 is 2.03 bits per heavy atom. The highest BCUT2D eigenvalue weighted by molar-refractivity contribution is 5.69. The predicted octanol–water partition coefficient (Wildman–Crippen LogP) is 0.604. The number of carboxylic acid groups (broad SMARTS) is 1. The lowest BCUT2D eigenvalue weighted by Crippen LogP contribution is -2.52. The minimum absolute atomic E-state index is 0.0910. The van der Waals surface area contributed by atoms with Crippen molar-refractivity contribution < 1.29 is 19.4 Å². The summed E-state index contributed by atoms with van der Waals surface area (Å²) < 4.78 is 5.02. The van der Waals surface area contributed by atoms with Gasteiger partial charge < -0.3 is 19.6 Å². The van der Waals surface area contributed by atoms with E-state index in [1.54, 1.807) is 0 Å². The number of hydrogen-bond acceptors (Lipinski definition) is 7. The summed E-state index contributed by atoms with van der Waals surface area (Å²) in [5.41, 5.74) is 2.65. The van der Waals surface area contributed by atoms with E-state index in [-0.39, 0.29) is 6.54 Å². The summed E-state index contributed by atoms with van der Waals surface area (Å²) in [6.45, 7) is 11.6.